The lowest BCUT2D eigenvalue weighted by Gasteiger charge is -2.25. The summed E-state index contributed by atoms with van der Waals surface area (Å²) in [7, 11) is 1.87. The van der Waals surface area contributed by atoms with Gasteiger partial charge in [0.05, 0.1) is 5.56 Å². The molecule has 2 nitrogen and oxygen atoms in total. The Balaban J connectivity index is 2.13. The number of carbonyl (C=O) groups excluding carboxylic acids is 1. The first-order valence-electron chi connectivity index (χ1n) is 6.54. The van der Waals surface area contributed by atoms with E-state index in [2.05, 4.69) is 34.3 Å². The maximum Gasteiger partial charge on any atom is 0.255 e. The average Bonchev–Trinajstić information content (AvgIpc) is 2.92. The summed E-state index contributed by atoms with van der Waals surface area (Å²) in [5, 5.41) is 2.07. The van der Waals surface area contributed by atoms with E-state index in [9.17, 15) is 4.79 Å². The van der Waals surface area contributed by atoms with Crippen molar-refractivity contribution in [2.75, 3.05) is 7.05 Å². The Bertz CT molecular complexity index is 595. The molecule has 0 aliphatic heterocycles. The minimum absolute atomic E-state index is 0.0598. The van der Waals surface area contributed by atoms with Crippen molar-refractivity contribution >= 4 is 33.2 Å². The molecule has 2 rings (SSSR count). The molecule has 0 saturated carbocycles. The second-order valence-electron chi connectivity index (χ2n) is 5.03. The van der Waals surface area contributed by atoms with Gasteiger partial charge in [0.2, 0.25) is 0 Å². The van der Waals surface area contributed by atoms with Gasteiger partial charge in [-0.25, -0.2) is 0 Å². The number of carbonyl (C=O) groups is 1. The highest BCUT2D eigenvalue weighted by Crippen LogP contribution is 2.21. The topological polar surface area (TPSA) is 20.3 Å². The van der Waals surface area contributed by atoms with Crippen LogP contribution in [-0.2, 0) is 6.42 Å². The molecular formula is C16H18BrNOS. The van der Waals surface area contributed by atoms with Crippen molar-refractivity contribution in [2.24, 2.45) is 0 Å². The van der Waals surface area contributed by atoms with Crippen molar-refractivity contribution in [3.05, 3.63) is 56.2 Å². The van der Waals surface area contributed by atoms with Gasteiger partial charge in [0, 0.05) is 28.9 Å². The van der Waals surface area contributed by atoms with Crippen molar-refractivity contribution in [3.8, 4) is 0 Å². The molecule has 1 amide bonds. The maximum atomic E-state index is 12.6. The molecule has 4 heteroatoms. The normalized spacial score (nSPS) is 12.2. The van der Waals surface area contributed by atoms with Gasteiger partial charge in [-0.15, -0.1) is 11.3 Å². The van der Waals surface area contributed by atoms with Gasteiger partial charge in [-0.3, -0.25) is 4.79 Å². The quantitative estimate of drug-likeness (QED) is 0.792. The van der Waals surface area contributed by atoms with Crippen LogP contribution in [0.4, 0.5) is 0 Å². The van der Waals surface area contributed by atoms with E-state index >= 15 is 0 Å². The Labute approximate surface area is 132 Å². The smallest absolute Gasteiger partial charge is 0.255 e. The van der Waals surface area contributed by atoms with E-state index in [0.717, 1.165) is 22.0 Å². The van der Waals surface area contributed by atoms with Crippen molar-refractivity contribution < 1.29 is 4.79 Å². The number of benzene rings is 1. The summed E-state index contributed by atoms with van der Waals surface area (Å²) in [6, 6.07) is 10.2. The molecule has 106 valence electrons. The Kier molecular flexibility index (Phi) is 5.00. The second kappa shape index (κ2) is 6.55. The second-order valence-corrected chi connectivity index (χ2v) is 6.92. The van der Waals surface area contributed by atoms with E-state index in [1.54, 1.807) is 11.3 Å². The number of aryl methyl sites for hydroxylation is 1. The van der Waals surface area contributed by atoms with Gasteiger partial charge in [0.25, 0.3) is 5.91 Å². The molecule has 1 atom stereocenters. The summed E-state index contributed by atoms with van der Waals surface area (Å²) in [5.41, 5.74) is 1.82. The lowest BCUT2D eigenvalue weighted by Crippen LogP contribution is -2.36. The summed E-state index contributed by atoms with van der Waals surface area (Å²) in [4.78, 5) is 15.7. The first-order chi connectivity index (χ1) is 9.49. The fourth-order valence-electron chi connectivity index (χ4n) is 2.05. The molecule has 0 fully saturated rings. The SMILES string of the molecule is Cc1ccc(Br)c(C(=O)N(C)C(C)Cc2cccs2)c1. The molecule has 1 unspecified atom stereocenters. The summed E-state index contributed by atoms with van der Waals surface area (Å²) >= 11 is 5.20. The van der Waals surface area contributed by atoms with Crippen molar-refractivity contribution in [3.63, 3.8) is 0 Å². The highest BCUT2D eigenvalue weighted by Gasteiger charge is 2.20. The highest BCUT2D eigenvalue weighted by atomic mass is 79.9. The highest BCUT2D eigenvalue weighted by molar-refractivity contribution is 9.10. The minimum atomic E-state index is 0.0598. The van der Waals surface area contributed by atoms with Crippen LogP contribution in [0, 0.1) is 6.92 Å². The number of likely N-dealkylation sites (N-methyl/N-ethyl adjacent to an activating group) is 1. The monoisotopic (exact) mass is 351 g/mol. The summed E-state index contributed by atoms with van der Waals surface area (Å²) in [5.74, 6) is 0.0598. The van der Waals surface area contributed by atoms with E-state index in [0.29, 0.717) is 0 Å². The van der Waals surface area contributed by atoms with Crippen LogP contribution in [0.1, 0.15) is 27.7 Å². The molecule has 2 aromatic rings. The van der Waals surface area contributed by atoms with Gasteiger partial charge in [-0.1, -0.05) is 17.7 Å². The van der Waals surface area contributed by atoms with Gasteiger partial charge in [-0.05, 0) is 53.4 Å². The molecule has 1 aromatic heterocycles. The number of halogens is 1. The van der Waals surface area contributed by atoms with Gasteiger partial charge in [0.1, 0.15) is 0 Å². The number of thiophene rings is 1. The molecular weight excluding hydrogens is 334 g/mol. The van der Waals surface area contributed by atoms with E-state index in [4.69, 9.17) is 0 Å². The predicted octanol–water partition coefficient (Wildman–Crippen LogP) is 4.52. The Morgan fingerprint density at radius 1 is 1.40 bits per heavy atom. The van der Waals surface area contributed by atoms with Crippen LogP contribution >= 0.6 is 27.3 Å². The fourth-order valence-corrected chi connectivity index (χ4v) is 3.29. The van der Waals surface area contributed by atoms with E-state index < -0.39 is 0 Å². The largest absolute Gasteiger partial charge is 0.339 e. The summed E-state index contributed by atoms with van der Waals surface area (Å²) in [6.07, 6.45) is 0.892. The molecule has 0 spiro atoms. The molecule has 0 aliphatic carbocycles. The van der Waals surface area contributed by atoms with Crippen molar-refractivity contribution in [1.82, 2.24) is 4.90 Å². The number of hydrogen-bond donors (Lipinski definition) is 0. The predicted molar refractivity (Wildman–Crippen MR) is 88.5 cm³/mol. The van der Waals surface area contributed by atoms with Gasteiger partial charge < -0.3 is 4.90 Å². The zero-order valence-electron chi connectivity index (χ0n) is 11.9. The number of hydrogen-bond acceptors (Lipinski definition) is 2. The van der Waals surface area contributed by atoms with Gasteiger partial charge in [-0.2, -0.15) is 0 Å². The lowest BCUT2D eigenvalue weighted by atomic mass is 10.1. The van der Waals surface area contributed by atoms with Crippen LogP contribution in [0.15, 0.2) is 40.2 Å². The number of amides is 1. The van der Waals surface area contributed by atoms with Crippen LogP contribution < -0.4 is 0 Å². The number of rotatable bonds is 4. The Morgan fingerprint density at radius 3 is 2.80 bits per heavy atom. The summed E-state index contributed by atoms with van der Waals surface area (Å²) < 4.78 is 0.850. The van der Waals surface area contributed by atoms with Gasteiger partial charge >= 0.3 is 0 Å². The van der Waals surface area contributed by atoms with Crippen LogP contribution in [-0.4, -0.2) is 23.9 Å². The Hall–Kier alpha value is -1.13. The lowest BCUT2D eigenvalue weighted by molar-refractivity contribution is 0.0743. The Morgan fingerprint density at radius 2 is 2.15 bits per heavy atom. The zero-order valence-corrected chi connectivity index (χ0v) is 14.3. The van der Waals surface area contributed by atoms with E-state index in [-0.39, 0.29) is 11.9 Å². The maximum absolute atomic E-state index is 12.6. The van der Waals surface area contributed by atoms with Crippen molar-refractivity contribution in [1.29, 1.82) is 0 Å². The molecule has 0 saturated heterocycles. The number of nitrogens with zero attached hydrogens (tertiary/aromatic N) is 1. The first-order valence-corrected chi connectivity index (χ1v) is 8.22. The third kappa shape index (κ3) is 3.49. The molecule has 0 aliphatic rings. The molecule has 1 heterocycles. The molecule has 1 aromatic carbocycles. The van der Waals surface area contributed by atoms with Crippen LogP contribution in [0.3, 0.4) is 0 Å². The zero-order chi connectivity index (χ0) is 14.7. The van der Waals surface area contributed by atoms with E-state index in [1.807, 2.05) is 43.1 Å². The standard InChI is InChI=1S/C16H18BrNOS/c1-11-6-7-15(17)14(9-11)16(19)18(3)12(2)10-13-5-4-8-20-13/h4-9,12H,10H2,1-3H3. The minimum Gasteiger partial charge on any atom is -0.339 e. The average molecular weight is 352 g/mol. The third-order valence-electron chi connectivity index (χ3n) is 3.41. The summed E-state index contributed by atoms with van der Waals surface area (Å²) in [6.45, 7) is 4.08. The van der Waals surface area contributed by atoms with Crippen LogP contribution in [0.2, 0.25) is 0 Å². The van der Waals surface area contributed by atoms with Gasteiger partial charge in [0.15, 0.2) is 0 Å². The molecule has 0 N–H and O–H groups in total. The molecule has 0 radical (unpaired) electrons. The first kappa shape index (κ1) is 15.3. The fraction of sp³-hybridized carbons (Fsp3) is 0.312. The van der Waals surface area contributed by atoms with Crippen molar-refractivity contribution in [2.45, 2.75) is 26.3 Å². The molecule has 20 heavy (non-hydrogen) atoms. The molecule has 0 bridgehead atoms. The van der Waals surface area contributed by atoms with Crippen LogP contribution in [0.5, 0.6) is 0 Å². The third-order valence-corrected chi connectivity index (χ3v) is 5.00. The van der Waals surface area contributed by atoms with E-state index in [1.165, 1.54) is 4.88 Å². The van der Waals surface area contributed by atoms with Crippen LogP contribution in [0.25, 0.3) is 0 Å².